The van der Waals surface area contributed by atoms with Crippen LogP contribution in [-0.4, -0.2) is 37.6 Å². The highest BCUT2D eigenvalue weighted by Gasteiger charge is 2.22. The van der Waals surface area contributed by atoms with Crippen LogP contribution in [0.15, 0.2) is 42.5 Å². The zero-order valence-corrected chi connectivity index (χ0v) is 15.2. The predicted octanol–water partition coefficient (Wildman–Crippen LogP) is 3.41. The summed E-state index contributed by atoms with van der Waals surface area (Å²) < 4.78 is 5.39. The van der Waals surface area contributed by atoms with E-state index in [0.717, 1.165) is 37.4 Å². The average molecular weight is 338 g/mol. The first-order valence-electron chi connectivity index (χ1n) is 8.97. The Bertz CT molecular complexity index is 736. The third-order valence-corrected chi connectivity index (χ3v) is 4.95. The molecule has 1 aliphatic heterocycles. The van der Waals surface area contributed by atoms with Crippen molar-refractivity contribution in [3.05, 3.63) is 64.7 Å². The molecule has 2 aromatic rings. The molecular weight excluding hydrogens is 312 g/mol. The fraction of sp³-hybridized carbons (Fsp3) is 0.381. The van der Waals surface area contributed by atoms with E-state index < -0.39 is 0 Å². The van der Waals surface area contributed by atoms with Gasteiger partial charge in [-0.25, -0.2) is 0 Å². The number of fused-ring (bicyclic) bond motifs is 1. The lowest BCUT2D eigenvalue weighted by molar-refractivity contribution is 0.0773. The summed E-state index contributed by atoms with van der Waals surface area (Å²) in [5, 5.41) is 3.59. The Morgan fingerprint density at radius 2 is 1.88 bits per heavy atom. The van der Waals surface area contributed by atoms with Gasteiger partial charge in [0.25, 0.3) is 5.91 Å². The molecule has 0 saturated heterocycles. The maximum absolute atomic E-state index is 12.5. The van der Waals surface area contributed by atoms with E-state index in [2.05, 4.69) is 29.6 Å². The van der Waals surface area contributed by atoms with Crippen LogP contribution < -0.4 is 10.1 Å². The SMILES string of the molecule is CCN(CC)C(=O)c1ccc(C2NCCc3ccc(OC)cc32)cc1. The van der Waals surface area contributed by atoms with Crippen LogP contribution in [0.5, 0.6) is 5.75 Å². The van der Waals surface area contributed by atoms with Crippen molar-refractivity contribution in [2.24, 2.45) is 0 Å². The summed E-state index contributed by atoms with van der Waals surface area (Å²) in [6.07, 6.45) is 1.02. The molecule has 0 aromatic heterocycles. The van der Waals surface area contributed by atoms with Gasteiger partial charge in [0.05, 0.1) is 13.2 Å². The molecule has 25 heavy (non-hydrogen) atoms. The third kappa shape index (κ3) is 3.54. The van der Waals surface area contributed by atoms with Crippen LogP contribution in [0.4, 0.5) is 0 Å². The first kappa shape index (κ1) is 17.5. The van der Waals surface area contributed by atoms with Crippen LogP contribution >= 0.6 is 0 Å². The highest BCUT2D eigenvalue weighted by molar-refractivity contribution is 5.94. The fourth-order valence-corrected chi connectivity index (χ4v) is 3.47. The average Bonchev–Trinajstić information content (AvgIpc) is 2.68. The number of carbonyl (C=O) groups excluding carboxylic acids is 1. The standard InChI is InChI=1S/C21H26N2O2/c1-4-23(5-2)21(24)17-8-6-16(7-9-17)20-19-14-18(25-3)11-10-15(19)12-13-22-20/h6-11,14,20,22H,4-5,12-13H2,1-3H3. The Morgan fingerprint density at radius 1 is 1.16 bits per heavy atom. The zero-order chi connectivity index (χ0) is 17.8. The number of ether oxygens (including phenoxy) is 1. The van der Waals surface area contributed by atoms with Gasteiger partial charge >= 0.3 is 0 Å². The van der Waals surface area contributed by atoms with Crippen LogP contribution in [0.1, 0.15) is 46.9 Å². The van der Waals surface area contributed by atoms with Gasteiger partial charge in [0.15, 0.2) is 0 Å². The van der Waals surface area contributed by atoms with Gasteiger partial charge in [0, 0.05) is 25.2 Å². The topological polar surface area (TPSA) is 41.6 Å². The Kier molecular flexibility index (Phi) is 5.39. The number of amides is 1. The minimum Gasteiger partial charge on any atom is -0.497 e. The Balaban J connectivity index is 1.88. The van der Waals surface area contributed by atoms with Crippen molar-refractivity contribution in [3.8, 4) is 5.75 Å². The van der Waals surface area contributed by atoms with Crippen molar-refractivity contribution in [1.29, 1.82) is 0 Å². The highest BCUT2D eigenvalue weighted by atomic mass is 16.5. The lowest BCUT2D eigenvalue weighted by atomic mass is 9.89. The smallest absolute Gasteiger partial charge is 0.253 e. The lowest BCUT2D eigenvalue weighted by Gasteiger charge is -2.28. The monoisotopic (exact) mass is 338 g/mol. The Morgan fingerprint density at radius 3 is 2.52 bits per heavy atom. The zero-order valence-electron chi connectivity index (χ0n) is 15.2. The molecule has 0 saturated carbocycles. The molecule has 132 valence electrons. The minimum atomic E-state index is 0.0928. The quantitative estimate of drug-likeness (QED) is 0.908. The first-order chi connectivity index (χ1) is 12.2. The second kappa shape index (κ2) is 7.70. The van der Waals surface area contributed by atoms with Gasteiger partial charge in [0.1, 0.15) is 5.75 Å². The van der Waals surface area contributed by atoms with Gasteiger partial charge in [0.2, 0.25) is 0 Å². The van der Waals surface area contributed by atoms with Gasteiger partial charge in [-0.15, -0.1) is 0 Å². The van der Waals surface area contributed by atoms with E-state index in [-0.39, 0.29) is 11.9 Å². The molecule has 1 atom stereocenters. The van der Waals surface area contributed by atoms with Gasteiger partial charge < -0.3 is 15.0 Å². The van der Waals surface area contributed by atoms with Gasteiger partial charge in [-0.3, -0.25) is 4.79 Å². The van der Waals surface area contributed by atoms with E-state index in [1.807, 2.05) is 36.9 Å². The molecule has 1 amide bonds. The molecule has 1 aliphatic rings. The van der Waals surface area contributed by atoms with Crippen molar-refractivity contribution < 1.29 is 9.53 Å². The molecule has 0 fully saturated rings. The largest absolute Gasteiger partial charge is 0.497 e. The van der Waals surface area contributed by atoms with Crippen molar-refractivity contribution in [2.75, 3.05) is 26.7 Å². The highest BCUT2D eigenvalue weighted by Crippen LogP contribution is 2.31. The molecule has 0 bridgehead atoms. The summed E-state index contributed by atoms with van der Waals surface area (Å²) in [5.74, 6) is 0.969. The van der Waals surface area contributed by atoms with Crippen molar-refractivity contribution in [1.82, 2.24) is 10.2 Å². The lowest BCUT2D eigenvalue weighted by Crippen LogP contribution is -2.31. The Hall–Kier alpha value is -2.33. The van der Waals surface area contributed by atoms with Crippen LogP contribution in [-0.2, 0) is 6.42 Å². The molecule has 2 aromatic carbocycles. The number of carbonyl (C=O) groups is 1. The van der Waals surface area contributed by atoms with Gasteiger partial charge in [-0.05, 0) is 61.2 Å². The molecule has 1 unspecified atom stereocenters. The minimum absolute atomic E-state index is 0.0928. The number of methoxy groups -OCH3 is 1. The maximum atomic E-state index is 12.5. The van der Waals surface area contributed by atoms with E-state index in [1.54, 1.807) is 7.11 Å². The maximum Gasteiger partial charge on any atom is 0.253 e. The van der Waals surface area contributed by atoms with E-state index >= 15 is 0 Å². The summed E-state index contributed by atoms with van der Waals surface area (Å²) in [4.78, 5) is 14.3. The van der Waals surface area contributed by atoms with E-state index in [0.29, 0.717) is 0 Å². The van der Waals surface area contributed by atoms with Gasteiger partial charge in [-0.2, -0.15) is 0 Å². The summed E-state index contributed by atoms with van der Waals surface area (Å²) in [7, 11) is 1.70. The second-order valence-electron chi connectivity index (χ2n) is 6.30. The molecule has 0 radical (unpaired) electrons. The normalized spacial score (nSPS) is 16.2. The van der Waals surface area contributed by atoms with E-state index in [1.165, 1.54) is 16.7 Å². The van der Waals surface area contributed by atoms with Crippen LogP contribution in [0, 0.1) is 0 Å². The molecule has 4 nitrogen and oxygen atoms in total. The molecular formula is C21H26N2O2. The summed E-state index contributed by atoms with van der Waals surface area (Å²) in [5.41, 5.74) is 4.53. The van der Waals surface area contributed by atoms with E-state index in [9.17, 15) is 4.79 Å². The molecule has 0 aliphatic carbocycles. The number of benzene rings is 2. The van der Waals surface area contributed by atoms with Crippen molar-refractivity contribution >= 4 is 5.91 Å². The summed E-state index contributed by atoms with van der Waals surface area (Å²) in [6.45, 7) is 6.42. The predicted molar refractivity (Wildman–Crippen MR) is 100 cm³/mol. The molecule has 4 heteroatoms. The summed E-state index contributed by atoms with van der Waals surface area (Å²) >= 11 is 0. The summed E-state index contributed by atoms with van der Waals surface area (Å²) in [6, 6.07) is 14.4. The number of nitrogens with zero attached hydrogens (tertiary/aromatic N) is 1. The number of hydrogen-bond donors (Lipinski definition) is 1. The van der Waals surface area contributed by atoms with Crippen LogP contribution in [0.2, 0.25) is 0 Å². The first-order valence-corrected chi connectivity index (χ1v) is 8.97. The number of hydrogen-bond acceptors (Lipinski definition) is 3. The molecule has 1 heterocycles. The molecule has 0 spiro atoms. The fourth-order valence-electron chi connectivity index (χ4n) is 3.47. The van der Waals surface area contributed by atoms with Crippen LogP contribution in [0.25, 0.3) is 0 Å². The number of nitrogens with one attached hydrogen (secondary N) is 1. The van der Waals surface area contributed by atoms with Crippen molar-refractivity contribution in [2.45, 2.75) is 26.3 Å². The van der Waals surface area contributed by atoms with Crippen LogP contribution in [0.3, 0.4) is 0 Å². The molecule has 3 rings (SSSR count). The van der Waals surface area contributed by atoms with Gasteiger partial charge in [-0.1, -0.05) is 18.2 Å². The Labute approximate surface area is 149 Å². The van der Waals surface area contributed by atoms with E-state index in [4.69, 9.17) is 4.74 Å². The number of rotatable bonds is 5. The third-order valence-electron chi connectivity index (χ3n) is 4.95. The molecule has 1 N–H and O–H groups in total. The van der Waals surface area contributed by atoms with Crippen molar-refractivity contribution in [3.63, 3.8) is 0 Å². The second-order valence-corrected chi connectivity index (χ2v) is 6.30.